The molecule has 20 heteroatoms. The summed E-state index contributed by atoms with van der Waals surface area (Å²) in [5.41, 5.74) is -7.83. The summed E-state index contributed by atoms with van der Waals surface area (Å²) in [7, 11) is 0. The molecule has 254 valence electrons. The van der Waals surface area contributed by atoms with Gasteiger partial charge in [0.25, 0.3) is 11.8 Å². The highest BCUT2D eigenvalue weighted by molar-refractivity contribution is 7.98. The van der Waals surface area contributed by atoms with Crippen molar-refractivity contribution in [2.75, 3.05) is 17.3 Å². The van der Waals surface area contributed by atoms with Crippen LogP contribution in [-0.4, -0.2) is 72.0 Å². The van der Waals surface area contributed by atoms with E-state index in [9.17, 15) is 45.6 Å². The average molecular weight is 718 g/mol. The molecule has 0 fully saturated rings. The number of nitrogens with zero attached hydrogens (tertiary/aromatic N) is 7. The normalized spacial score (nSPS) is 12.8. The Bertz CT molecular complexity index is 1870. The van der Waals surface area contributed by atoms with Crippen molar-refractivity contribution in [1.29, 1.82) is 5.26 Å². The van der Waals surface area contributed by atoms with E-state index < -0.39 is 42.1 Å². The number of hydrogen-bond donors (Lipinski definition) is 2. The number of hydrogen-bond acceptors (Lipinski definition) is 8. The quantitative estimate of drug-likeness (QED) is 0.197. The number of nitrogens with one attached hydrogen (secondary N) is 2. The zero-order chi connectivity index (χ0) is 35.6. The molecule has 0 saturated heterocycles. The van der Waals surface area contributed by atoms with Crippen LogP contribution in [0.15, 0.2) is 42.7 Å². The molecule has 1 aromatic carbocycles. The number of benzene rings is 1. The van der Waals surface area contributed by atoms with Crippen LogP contribution in [0.3, 0.4) is 0 Å². The Morgan fingerprint density at radius 1 is 1.10 bits per heavy atom. The minimum Gasteiger partial charge on any atom is -0.349 e. The highest BCUT2D eigenvalue weighted by atomic mass is 35.5. The molecule has 0 aliphatic heterocycles. The fourth-order valence-corrected chi connectivity index (χ4v) is 5.27. The highest BCUT2D eigenvalue weighted by Crippen LogP contribution is 2.52. The summed E-state index contributed by atoms with van der Waals surface area (Å²) >= 11 is 7.77. The number of aryl methyl sites for hydroxylation is 1. The van der Waals surface area contributed by atoms with E-state index in [1.807, 2.05) is 12.3 Å². The third kappa shape index (κ3) is 7.23. The minimum atomic E-state index is -6.40. The van der Waals surface area contributed by atoms with E-state index in [-0.39, 0.29) is 51.3 Å². The number of anilines is 1. The fourth-order valence-electron chi connectivity index (χ4n) is 4.48. The lowest BCUT2D eigenvalue weighted by molar-refractivity contribution is -0.350. The Morgan fingerprint density at radius 3 is 2.40 bits per heavy atom. The van der Waals surface area contributed by atoms with Crippen LogP contribution < -0.4 is 10.6 Å². The summed E-state index contributed by atoms with van der Waals surface area (Å²) in [5.74, 6) is -1.00. The van der Waals surface area contributed by atoms with Crippen molar-refractivity contribution in [2.24, 2.45) is 0 Å². The van der Waals surface area contributed by atoms with E-state index in [0.29, 0.717) is 16.0 Å². The van der Waals surface area contributed by atoms with Gasteiger partial charge in [-0.25, -0.2) is 18.7 Å². The maximum absolute atomic E-state index is 14.5. The summed E-state index contributed by atoms with van der Waals surface area (Å²) in [6.07, 6.45) is -9.52. The molecule has 0 radical (unpaired) electrons. The smallest absolute Gasteiger partial charge is 0.349 e. The van der Waals surface area contributed by atoms with Gasteiger partial charge in [0.2, 0.25) is 0 Å². The SMILES string of the molecule is CSC[C@H](C)NC(=O)c1cc(C#N)cc(C)c1NC(=O)c1cc(Cn2cc(C(F)(C(F)(F)F)C(F)(F)F)nn2)nn1-c1ncccc1Cl. The molecular weight excluding hydrogens is 695 g/mol. The second-order valence-electron chi connectivity index (χ2n) is 10.3. The molecule has 0 aliphatic rings. The van der Waals surface area contributed by atoms with E-state index in [1.54, 1.807) is 13.8 Å². The van der Waals surface area contributed by atoms with E-state index in [2.05, 4.69) is 31.0 Å². The molecule has 3 aromatic heterocycles. The average Bonchev–Trinajstić information content (AvgIpc) is 3.64. The second-order valence-corrected chi connectivity index (χ2v) is 11.6. The van der Waals surface area contributed by atoms with Crippen molar-refractivity contribution < 1.29 is 40.3 Å². The third-order valence-electron chi connectivity index (χ3n) is 6.67. The Hall–Kier alpha value is -4.70. The van der Waals surface area contributed by atoms with Gasteiger partial charge in [-0.1, -0.05) is 16.8 Å². The predicted molar refractivity (Wildman–Crippen MR) is 160 cm³/mol. The first-order chi connectivity index (χ1) is 22.4. The van der Waals surface area contributed by atoms with Crippen LogP contribution in [0.1, 0.15) is 50.3 Å². The Kier molecular flexibility index (Phi) is 10.4. The molecule has 4 rings (SSSR count). The van der Waals surface area contributed by atoms with Gasteiger partial charge in [0.15, 0.2) is 5.82 Å². The maximum Gasteiger partial charge on any atom is 0.437 e. The van der Waals surface area contributed by atoms with Crippen LogP contribution in [0.2, 0.25) is 5.02 Å². The standard InChI is InChI=1S/C28H23ClF7N9O2S/c1-14-7-16(10-37)8-18(24(46)39-15(2)13-48-3)22(14)40-25(47)20-9-17(42-45(20)23-19(29)5-4-6-38-23)11-44-12-21(41-43-44)26(30,27(31,32)33)28(34,35)36/h4-9,12,15H,11,13H2,1-3H3,(H,39,46)(H,40,47)/t15-/m0/s1. The van der Waals surface area contributed by atoms with E-state index >= 15 is 0 Å². The molecule has 48 heavy (non-hydrogen) atoms. The molecule has 0 spiro atoms. The number of nitriles is 1. The molecule has 4 aromatic rings. The number of rotatable bonds is 10. The van der Waals surface area contributed by atoms with Gasteiger partial charge in [-0.2, -0.15) is 48.5 Å². The van der Waals surface area contributed by atoms with Crippen LogP contribution in [0.25, 0.3) is 5.82 Å². The minimum absolute atomic E-state index is 0.000730. The molecule has 1 atom stereocenters. The summed E-state index contributed by atoms with van der Waals surface area (Å²) in [4.78, 5) is 31.1. The lowest BCUT2D eigenvalue weighted by Crippen LogP contribution is -2.50. The van der Waals surface area contributed by atoms with Crippen molar-refractivity contribution in [3.8, 4) is 11.9 Å². The van der Waals surface area contributed by atoms with E-state index in [0.717, 1.165) is 10.7 Å². The van der Waals surface area contributed by atoms with Crippen LogP contribution in [0.4, 0.5) is 36.4 Å². The van der Waals surface area contributed by atoms with Crippen molar-refractivity contribution in [3.63, 3.8) is 0 Å². The summed E-state index contributed by atoms with van der Waals surface area (Å²) in [6, 6.07) is 8.39. The number of carbonyl (C=O) groups is 2. The molecule has 11 nitrogen and oxygen atoms in total. The summed E-state index contributed by atoms with van der Waals surface area (Å²) < 4.78 is 95.3. The Morgan fingerprint density at radius 2 is 1.79 bits per heavy atom. The predicted octanol–water partition coefficient (Wildman–Crippen LogP) is 5.76. The first kappa shape index (κ1) is 36.1. The number of halogens is 8. The number of thioether (sulfide) groups is 1. The fraction of sp³-hybridized carbons (Fsp3) is 0.321. The van der Waals surface area contributed by atoms with Crippen LogP contribution in [0, 0.1) is 18.3 Å². The van der Waals surface area contributed by atoms with Gasteiger partial charge >= 0.3 is 18.0 Å². The number of carbonyl (C=O) groups excluding carboxylic acids is 2. The van der Waals surface area contributed by atoms with Gasteiger partial charge in [-0.15, -0.1) is 5.10 Å². The van der Waals surface area contributed by atoms with Gasteiger partial charge in [0.05, 0.1) is 46.3 Å². The third-order valence-corrected chi connectivity index (χ3v) is 7.80. The Balaban J connectivity index is 1.75. The van der Waals surface area contributed by atoms with Crippen molar-refractivity contribution >= 4 is 40.9 Å². The monoisotopic (exact) mass is 717 g/mol. The zero-order valence-electron chi connectivity index (χ0n) is 24.9. The molecule has 3 heterocycles. The molecular formula is C28H23ClF7N9O2S. The lowest BCUT2D eigenvalue weighted by atomic mass is 10.0. The first-order valence-corrected chi connectivity index (χ1v) is 15.3. The molecule has 0 aliphatic carbocycles. The topological polar surface area (TPSA) is 143 Å². The number of alkyl halides is 7. The second kappa shape index (κ2) is 13.8. The van der Waals surface area contributed by atoms with Crippen molar-refractivity contribution in [2.45, 2.75) is 44.5 Å². The molecule has 0 unspecified atom stereocenters. The van der Waals surface area contributed by atoms with Gasteiger partial charge in [-0.3, -0.25) is 9.59 Å². The highest BCUT2D eigenvalue weighted by Gasteiger charge is 2.75. The largest absolute Gasteiger partial charge is 0.437 e. The number of pyridine rings is 1. The van der Waals surface area contributed by atoms with E-state index in [4.69, 9.17) is 11.6 Å². The molecule has 2 N–H and O–H groups in total. The summed E-state index contributed by atoms with van der Waals surface area (Å²) in [6.45, 7) is 2.64. The lowest BCUT2D eigenvalue weighted by Gasteiger charge is -2.27. The number of amides is 2. The van der Waals surface area contributed by atoms with Gasteiger partial charge < -0.3 is 10.6 Å². The Labute approximate surface area is 276 Å². The maximum atomic E-state index is 14.5. The summed E-state index contributed by atoms with van der Waals surface area (Å²) in [5, 5.41) is 25.1. The van der Waals surface area contributed by atoms with Crippen LogP contribution in [0.5, 0.6) is 0 Å². The van der Waals surface area contributed by atoms with Gasteiger partial charge in [0, 0.05) is 18.0 Å². The van der Waals surface area contributed by atoms with Crippen LogP contribution >= 0.6 is 23.4 Å². The molecule has 0 saturated carbocycles. The molecule has 2 amide bonds. The van der Waals surface area contributed by atoms with E-state index in [1.165, 1.54) is 42.2 Å². The van der Waals surface area contributed by atoms with Crippen molar-refractivity contribution in [1.82, 2.24) is 35.1 Å². The zero-order valence-corrected chi connectivity index (χ0v) is 26.5. The van der Waals surface area contributed by atoms with Gasteiger partial charge in [-0.05, 0) is 56.0 Å². The molecule has 0 bridgehead atoms. The first-order valence-electron chi connectivity index (χ1n) is 13.5. The van der Waals surface area contributed by atoms with Crippen LogP contribution in [-0.2, 0) is 12.2 Å². The van der Waals surface area contributed by atoms with Crippen molar-refractivity contribution in [3.05, 3.63) is 81.5 Å². The number of aromatic nitrogens is 6. The van der Waals surface area contributed by atoms with Gasteiger partial charge in [0.1, 0.15) is 11.4 Å².